The van der Waals surface area contributed by atoms with E-state index in [9.17, 15) is 4.79 Å². The molecule has 0 atom stereocenters. The van der Waals surface area contributed by atoms with E-state index in [2.05, 4.69) is 5.32 Å². The maximum atomic E-state index is 11.3. The Labute approximate surface area is 91.0 Å². The summed E-state index contributed by atoms with van der Waals surface area (Å²) in [6.45, 7) is 4.01. The molecule has 0 aliphatic carbocycles. The highest BCUT2D eigenvalue weighted by atomic mass is 16.5. The second-order valence-corrected chi connectivity index (χ2v) is 4.71. The van der Waals surface area contributed by atoms with Gasteiger partial charge in [-0.1, -0.05) is 0 Å². The summed E-state index contributed by atoms with van der Waals surface area (Å²) in [4.78, 5) is 13.2. The predicted molar refractivity (Wildman–Crippen MR) is 57.7 cm³/mol. The summed E-state index contributed by atoms with van der Waals surface area (Å²) in [6.07, 6.45) is 4.65. The van der Waals surface area contributed by atoms with Crippen LogP contribution in [0.4, 0.5) is 4.79 Å². The molecular formula is C11H20N2O2. The number of amides is 1. The fraction of sp³-hybridized carbons (Fsp3) is 0.909. The van der Waals surface area contributed by atoms with Gasteiger partial charge in [-0.2, -0.15) is 0 Å². The number of piperidine rings is 2. The minimum Gasteiger partial charge on any atom is -0.453 e. The van der Waals surface area contributed by atoms with Crippen molar-refractivity contribution in [1.82, 2.24) is 10.2 Å². The summed E-state index contributed by atoms with van der Waals surface area (Å²) in [5.74, 6) is 0. The van der Waals surface area contributed by atoms with Crippen LogP contribution in [0.2, 0.25) is 0 Å². The van der Waals surface area contributed by atoms with E-state index in [1.54, 1.807) is 0 Å². The number of likely N-dealkylation sites (tertiary alicyclic amines) is 1. The highest BCUT2D eigenvalue weighted by molar-refractivity contribution is 5.67. The summed E-state index contributed by atoms with van der Waals surface area (Å²) in [5, 5.41) is 3.40. The number of hydrogen-bond donors (Lipinski definition) is 1. The van der Waals surface area contributed by atoms with E-state index in [-0.39, 0.29) is 6.09 Å². The van der Waals surface area contributed by atoms with Gasteiger partial charge < -0.3 is 15.0 Å². The van der Waals surface area contributed by atoms with Crippen molar-refractivity contribution in [2.45, 2.75) is 25.7 Å². The van der Waals surface area contributed by atoms with Crippen molar-refractivity contribution in [2.75, 3.05) is 33.3 Å². The Kier molecular flexibility index (Phi) is 3.14. The summed E-state index contributed by atoms with van der Waals surface area (Å²) >= 11 is 0. The minimum absolute atomic E-state index is 0.168. The molecule has 2 aliphatic rings. The number of nitrogens with zero attached hydrogens (tertiary/aromatic N) is 1. The molecule has 1 spiro atoms. The van der Waals surface area contributed by atoms with Gasteiger partial charge >= 0.3 is 6.09 Å². The van der Waals surface area contributed by atoms with Crippen LogP contribution in [0.1, 0.15) is 25.7 Å². The average molecular weight is 212 g/mol. The topological polar surface area (TPSA) is 41.6 Å². The van der Waals surface area contributed by atoms with Crippen molar-refractivity contribution >= 4 is 6.09 Å². The van der Waals surface area contributed by atoms with Gasteiger partial charge in [-0.05, 0) is 44.2 Å². The van der Waals surface area contributed by atoms with Crippen LogP contribution < -0.4 is 5.32 Å². The summed E-state index contributed by atoms with van der Waals surface area (Å²) in [7, 11) is 1.46. The van der Waals surface area contributed by atoms with E-state index < -0.39 is 0 Å². The molecule has 4 nitrogen and oxygen atoms in total. The molecule has 1 N–H and O–H groups in total. The van der Waals surface area contributed by atoms with E-state index in [1.165, 1.54) is 20.0 Å². The molecule has 4 heteroatoms. The van der Waals surface area contributed by atoms with Crippen molar-refractivity contribution in [1.29, 1.82) is 0 Å². The zero-order valence-electron chi connectivity index (χ0n) is 9.42. The van der Waals surface area contributed by atoms with Crippen LogP contribution in [-0.4, -0.2) is 44.3 Å². The first-order chi connectivity index (χ1) is 7.26. The second kappa shape index (κ2) is 4.39. The number of carbonyl (C=O) groups excluding carboxylic acids is 1. The Balaban J connectivity index is 1.88. The minimum atomic E-state index is -0.168. The number of rotatable bonds is 0. The monoisotopic (exact) mass is 212 g/mol. The molecule has 0 saturated carbocycles. The molecule has 0 radical (unpaired) electrons. The van der Waals surface area contributed by atoms with Gasteiger partial charge in [0.15, 0.2) is 0 Å². The predicted octanol–water partition coefficient (Wildman–Crippen LogP) is 1.22. The van der Waals surface area contributed by atoms with E-state index >= 15 is 0 Å². The Morgan fingerprint density at radius 2 is 1.80 bits per heavy atom. The van der Waals surface area contributed by atoms with Crippen LogP contribution in [0, 0.1) is 5.41 Å². The number of ether oxygens (including phenoxy) is 1. The summed E-state index contributed by atoms with van der Waals surface area (Å²) in [6, 6.07) is 0. The summed E-state index contributed by atoms with van der Waals surface area (Å²) < 4.78 is 4.74. The van der Waals surface area contributed by atoms with E-state index in [0.29, 0.717) is 5.41 Å². The first-order valence-corrected chi connectivity index (χ1v) is 5.79. The lowest BCUT2D eigenvalue weighted by Gasteiger charge is -2.43. The van der Waals surface area contributed by atoms with Crippen LogP contribution in [0.3, 0.4) is 0 Å². The molecule has 15 heavy (non-hydrogen) atoms. The van der Waals surface area contributed by atoms with Crippen molar-refractivity contribution in [2.24, 2.45) is 5.41 Å². The van der Waals surface area contributed by atoms with Gasteiger partial charge in [-0.15, -0.1) is 0 Å². The van der Waals surface area contributed by atoms with Crippen LogP contribution >= 0.6 is 0 Å². The molecule has 2 fully saturated rings. The number of methoxy groups -OCH3 is 1. The lowest BCUT2D eigenvalue weighted by molar-refractivity contribution is 0.0610. The van der Waals surface area contributed by atoms with Crippen LogP contribution in [-0.2, 0) is 4.74 Å². The third-order valence-electron chi connectivity index (χ3n) is 3.92. The third kappa shape index (κ3) is 2.25. The fourth-order valence-electron chi connectivity index (χ4n) is 2.75. The first kappa shape index (κ1) is 10.7. The Bertz CT molecular complexity index is 227. The van der Waals surface area contributed by atoms with Gasteiger partial charge in [0.25, 0.3) is 0 Å². The van der Waals surface area contributed by atoms with E-state index in [0.717, 1.165) is 39.0 Å². The zero-order valence-corrected chi connectivity index (χ0v) is 9.42. The largest absolute Gasteiger partial charge is 0.453 e. The van der Waals surface area contributed by atoms with Crippen LogP contribution in [0.15, 0.2) is 0 Å². The molecule has 0 aromatic heterocycles. The lowest BCUT2D eigenvalue weighted by atomic mass is 9.72. The molecule has 2 rings (SSSR count). The SMILES string of the molecule is COC(=O)N1CCC2(CCNCC2)CC1. The normalized spacial score (nSPS) is 25.3. The number of carbonyl (C=O) groups is 1. The molecule has 1 amide bonds. The molecule has 2 saturated heterocycles. The van der Waals surface area contributed by atoms with Crippen molar-refractivity contribution in [3.63, 3.8) is 0 Å². The van der Waals surface area contributed by atoms with Crippen LogP contribution in [0.5, 0.6) is 0 Å². The summed E-state index contributed by atoms with van der Waals surface area (Å²) in [5.41, 5.74) is 0.510. The number of nitrogens with one attached hydrogen (secondary N) is 1. The lowest BCUT2D eigenvalue weighted by Crippen LogP contribution is -2.47. The number of hydrogen-bond acceptors (Lipinski definition) is 3. The van der Waals surface area contributed by atoms with Crippen LogP contribution in [0.25, 0.3) is 0 Å². The maximum absolute atomic E-state index is 11.3. The molecular weight excluding hydrogens is 192 g/mol. The van der Waals surface area contributed by atoms with Gasteiger partial charge in [0.1, 0.15) is 0 Å². The van der Waals surface area contributed by atoms with Gasteiger partial charge in [0.2, 0.25) is 0 Å². The third-order valence-corrected chi connectivity index (χ3v) is 3.92. The fourth-order valence-corrected chi connectivity index (χ4v) is 2.75. The van der Waals surface area contributed by atoms with Crippen molar-refractivity contribution < 1.29 is 9.53 Å². The molecule has 0 unspecified atom stereocenters. The zero-order chi connectivity index (χ0) is 10.7. The van der Waals surface area contributed by atoms with Gasteiger partial charge in [-0.25, -0.2) is 4.79 Å². The Morgan fingerprint density at radius 3 is 2.33 bits per heavy atom. The highest BCUT2D eigenvalue weighted by Gasteiger charge is 2.36. The van der Waals surface area contributed by atoms with Gasteiger partial charge in [0.05, 0.1) is 7.11 Å². The standard InChI is InChI=1S/C11H20N2O2/c1-15-10(14)13-8-4-11(5-9-13)2-6-12-7-3-11/h12H,2-9H2,1H3. The van der Waals surface area contributed by atoms with E-state index in [4.69, 9.17) is 4.74 Å². The smallest absolute Gasteiger partial charge is 0.409 e. The Hall–Kier alpha value is -0.770. The van der Waals surface area contributed by atoms with Gasteiger partial charge in [0, 0.05) is 13.1 Å². The molecule has 2 heterocycles. The quantitative estimate of drug-likeness (QED) is 0.656. The van der Waals surface area contributed by atoms with Gasteiger partial charge in [-0.3, -0.25) is 0 Å². The van der Waals surface area contributed by atoms with Crippen molar-refractivity contribution in [3.8, 4) is 0 Å². The molecule has 0 bridgehead atoms. The second-order valence-electron chi connectivity index (χ2n) is 4.71. The molecule has 2 aliphatic heterocycles. The molecule has 86 valence electrons. The Morgan fingerprint density at radius 1 is 1.20 bits per heavy atom. The average Bonchev–Trinajstić information content (AvgIpc) is 2.30. The van der Waals surface area contributed by atoms with Crippen molar-refractivity contribution in [3.05, 3.63) is 0 Å². The first-order valence-electron chi connectivity index (χ1n) is 5.79. The molecule has 0 aromatic carbocycles. The highest BCUT2D eigenvalue weighted by Crippen LogP contribution is 2.39. The maximum Gasteiger partial charge on any atom is 0.409 e. The van der Waals surface area contributed by atoms with E-state index in [1.807, 2.05) is 4.90 Å². The molecule has 0 aromatic rings.